The van der Waals surface area contributed by atoms with Crippen LogP contribution in [-0.2, 0) is 27.5 Å². The predicted octanol–water partition coefficient (Wildman–Crippen LogP) is 4.55. The van der Waals surface area contributed by atoms with Gasteiger partial charge in [-0.25, -0.2) is 0 Å². The fourth-order valence-corrected chi connectivity index (χ4v) is 4.19. The number of anilines is 1. The van der Waals surface area contributed by atoms with Crippen molar-refractivity contribution < 1.29 is 24.1 Å². The van der Waals surface area contributed by atoms with Crippen LogP contribution in [0.3, 0.4) is 0 Å². The minimum atomic E-state index is -0.123. The quantitative estimate of drug-likeness (QED) is 0.348. The molecule has 1 heterocycles. The molecule has 7 nitrogen and oxygen atoms in total. The van der Waals surface area contributed by atoms with E-state index >= 15 is 0 Å². The van der Waals surface area contributed by atoms with E-state index in [1.54, 1.807) is 17.0 Å². The van der Waals surface area contributed by atoms with Crippen molar-refractivity contribution >= 4 is 23.2 Å². The molecule has 0 aliphatic carbocycles. The number of rotatable bonds is 12. The number of carbonyl (C=O) groups excluding carboxylic acids is 1. The third-order valence-electron chi connectivity index (χ3n) is 5.88. The van der Waals surface area contributed by atoms with E-state index in [9.17, 15) is 9.90 Å². The highest BCUT2D eigenvalue weighted by Gasteiger charge is 2.29. The topological polar surface area (TPSA) is 80.3 Å². The number of nitrogens with one attached hydrogen (secondary N) is 1. The van der Waals surface area contributed by atoms with E-state index < -0.39 is 0 Å². The molecule has 4 rings (SSSR count). The van der Waals surface area contributed by atoms with Crippen molar-refractivity contribution in [3.05, 3.63) is 88.9 Å². The first kappa shape index (κ1) is 26.0. The SMILES string of the molecule is O=C1CNC[C@H](COCc2ccccc2Cl)N1c1ccc(OCCCOCc2ccccc2O)cc1. The second-order valence-electron chi connectivity index (χ2n) is 8.53. The first-order valence-corrected chi connectivity index (χ1v) is 12.4. The Bertz CT molecular complexity index is 1120. The lowest BCUT2D eigenvalue weighted by atomic mass is 10.1. The highest BCUT2D eigenvalue weighted by Crippen LogP contribution is 2.24. The van der Waals surface area contributed by atoms with E-state index in [0.29, 0.717) is 51.1 Å². The van der Waals surface area contributed by atoms with E-state index in [2.05, 4.69) is 5.32 Å². The van der Waals surface area contributed by atoms with Gasteiger partial charge < -0.3 is 29.5 Å². The number of hydrogen-bond acceptors (Lipinski definition) is 6. The molecular formula is C28H31ClN2O5. The Morgan fingerprint density at radius 1 is 0.917 bits per heavy atom. The van der Waals surface area contributed by atoms with Gasteiger partial charge >= 0.3 is 0 Å². The summed E-state index contributed by atoms with van der Waals surface area (Å²) in [5.74, 6) is 0.975. The molecule has 8 heteroatoms. The van der Waals surface area contributed by atoms with E-state index in [-0.39, 0.29) is 17.7 Å². The van der Waals surface area contributed by atoms with Crippen molar-refractivity contribution in [2.75, 3.05) is 37.8 Å². The van der Waals surface area contributed by atoms with Crippen LogP contribution in [0.2, 0.25) is 5.02 Å². The maximum absolute atomic E-state index is 12.7. The van der Waals surface area contributed by atoms with Crippen LogP contribution in [-0.4, -0.2) is 50.0 Å². The maximum atomic E-state index is 12.7. The number of halogens is 1. The van der Waals surface area contributed by atoms with Crippen molar-refractivity contribution in [1.82, 2.24) is 5.32 Å². The molecular weight excluding hydrogens is 480 g/mol. The fourth-order valence-electron chi connectivity index (χ4n) is 4.00. The molecule has 1 aliphatic heterocycles. The lowest BCUT2D eigenvalue weighted by Crippen LogP contribution is -2.57. The van der Waals surface area contributed by atoms with E-state index in [4.69, 9.17) is 25.8 Å². The second kappa shape index (κ2) is 13.3. The third kappa shape index (κ3) is 7.21. The number of phenolic OH excluding ortho intramolecular Hbond substituents is 1. The molecule has 0 spiro atoms. The van der Waals surface area contributed by atoms with Gasteiger partial charge in [0.1, 0.15) is 11.5 Å². The number of nitrogens with zero attached hydrogens (tertiary/aromatic N) is 1. The number of carbonyl (C=O) groups is 1. The average Bonchev–Trinajstić information content (AvgIpc) is 2.89. The molecule has 1 saturated heterocycles. The van der Waals surface area contributed by atoms with Crippen molar-refractivity contribution in [2.24, 2.45) is 0 Å². The molecule has 3 aromatic carbocycles. The van der Waals surface area contributed by atoms with Gasteiger partial charge in [0.2, 0.25) is 5.91 Å². The average molecular weight is 511 g/mol. The number of piperazine rings is 1. The zero-order chi connectivity index (χ0) is 25.2. The van der Waals surface area contributed by atoms with Gasteiger partial charge in [-0.05, 0) is 42.0 Å². The monoisotopic (exact) mass is 510 g/mol. The highest BCUT2D eigenvalue weighted by molar-refractivity contribution is 6.31. The molecule has 0 bridgehead atoms. The van der Waals surface area contributed by atoms with Gasteiger partial charge in [-0.2, -0.15) is 0 Å². The molecule has 3 aromatic rings. The number of aromatic hydroxyl groups is 1. The number of amides is 1. The van der Waals surface area contributed by atoms with Gasteiger partial charge in [0.15, 0.2) is 0 Å². The van der Waals surface area contributed by atoms with Crippen LogP contribution < -0.4 is 15.0 Å². The summed E-state index contributed by atoms with van der Waals surface area (Å²) in [5.41, 5.74) is 2.50. The third-order valence-corrected chi connectivity index (χ3v) is 6.25. The lowest BCUT2D eigenvalue weighted by Gasteiger charge is -2.36. The molecule has 0 unspecified atom stereocenters. The highest BCUT2D eigenvalue weighted by atomic mass is 35.5. The number of ether oxygens (including phenoxy) is 3. The Morgan fingerprint density at radius 2 is 1.64 bits per heavy atom. The van der Waals surface area contributed by atoms with Crippen LogP contribution in [0.25, 0.3) is 0 Å². The Labute approximate surface area is 216 Å². The number of hydrogen-bond donors (Lipinski definition) is 2. The van der Waals surface area contributed by atoms with Crippen LogP contribution in [0.15, 0.2) is 72.8 Å². The molecule has 2 N–H and O–H groups in total. The lowest BCUT2D eigenvalue weighted by molar-refractivity contribution is -0.119. The smallest absolute Gasteiger partial charge is 0.241 e. The van der Waals surface area contributed by atoms with Crippen LogP contribution >= 0.6 is 11.6 Å². The van der Waals surface area contributed by atoms with Gasteiger partial charge in [0.25, 0.3) is 0 Å². The molecule has 1 aliphatic rings. The molecule has 0 aromatic heterocycles. The second-order valence-corrected chi connectivity index (χ2v) is 8.94. The van der Waals surface area contributed by atoms with Crippen LogP contribution in [0.4, 0.5) is 5.69 Å². The standard InChI is InChI=1S/C28H31ClN2O5/c29-26-8-3-1-6-21(26)18-35-20-24-16-30-17-28(33)31(24)23-10-12-25(13-11-23)36-15-5-14-34-19-22-7-2-4-9-27(22)32/h1-4,6-13,24,30,32H,5,14-20H2/t24-/m1/s1. The number of phenols is 1. The first-order valence-electron chi connectivity index (χ1n) is 12.0. The maximum Gasteiger partial charge on any atom is 0.241 e. The first-order chi connectivity index (χ1) is 17.6. The van der Waals surface area contributed by atoms with Crippen LogP contribution in [0, 0.1) is 0 Å². The van der Waals surface area contributed by atoms with E-state index in [0.717, 1.165) is 29.0 Å². The summed E-state index contributed by atoms with van der Waals surface area (Å²) in [6, 6.07) is 22.1. The molecule has 1 fully saturated rings. The van der Waals surface area contributed by atoms with Gasteiger partial charge in [0, 0.05) is 29.2 Å². The van der Waals surface area contributed by atoms with Crippen molar-refractivity contribution in [3.8, 4) is 11.5 Å². The molecule has 36 heavy (non-hydrogen) atoms. The number of benzene rings is 3. The Hall–Kier alpha value is -3.10. The zero-order valence-corrected chi connectivity index (χ0v) is 20.8. The van der Waals surface area contributed by atoms with Crippen LogP contribution in [0.5, 0.6) is 11.5 Å². The van der Waals surface area contributed by atoms with Crippen molar-refractivity contribution in [1.29, 1.82) is 0 Å². The number of para-hydroxylation sites is 1. The summed E-state index contributed by atoms with van der Waals surface area (Å²) in [7, 11) is 0. The summed E-state index contributed by atoms with van der Waals surface area (Å²) >= 11 is 6.22. The minimum absolute atomic E-state index is 0.00265. The molecule has 1 atom stereocenters. The van der Waals surface area contributed by atoms with E-state index in [1.165, 1.54) is 0 Å². The molecule has 0 radical (unpaired) electrons. The van der Waals surface area contributed by atoms with Crippen LogP contribution in [0.1, 0.15) is 17.5 Å². The molecule has 1 amide bonds. The molecule has 0 saturated carbocycles. The van der Waals surface area contributed by atoms with Gasteiger partial charge in [-0.15, -0.1) is 0 Å². The largest absolute Gasteiger partial charge is 0.508 e. The normalized spacial score (nSPS) is 15.8. The summed E-state index contributed by atoms with van der Waals surface area (Å²) in [6.45, 7) is 3.11. The summed E-state index contributed by atoms with van der Waals surface area (Å²) in [5, 5.41) is 13.6. The van der Waals surface area contributed by atoms with E-state index in [1.807, 2.05) is 60.7 Å². The predicted molar refractivity (Wildman–Crippen MR) is 140 cm³/mol. The Kier molecular flexibility index (Phi) is 9.58. The fraction of sp³-hybridized carbons (Fsp3) is 0.321. The Morgan fingerprint density at radius 3 is 2.42 bits per heavy atom. The summed E-state index contributed by atoms with van der Waals surface area (Å²) in [4.78, 5) is 14.5. The zero-order valence-electron chi connectivity index (χ0n) is 20.1. The minimum Gasteiger partial charge on any atom is -0.508 e. The molecule has 190 valence electrons. The van der Waals surface area contributed by atoms with Gasteiger partial charge in [-0.3, -0.25) is 4.79 Å². The summed E-state index contributed by atoms with van der Waals surface area (Å²) < 4.78 is 17.4. The van der Waals surface area contributed by atoms with Gasteiger partial charge in [-0.1, -0.05) is 48.0 Å². The van der Waals surface area contributed by atoms with Crippen molar-refractivity contribution in [3.63, 3.8) is 0 Å². The van der Waals surface area contributed by atoms with Crippen molar-refractivity contribution in [2.45, 2.75) is 25.7 Å². The Balaban J connectivity index is 1.23. The van der Waals surface area contributed by atoms with Gasteiger partial charge in [0.05, 0.1) is 45.6 Å². The summed E-state index contributed by atoms with van der Waals surface area (Å²) in [6.07, 6.45) is 0.719.